The van der Waals surface area contributed by atoms with Gasteiger partial charge in [0.05, 0.1) is 20.7 Å². The fourth-order valence-corrected chi connectivity index (χ4v) is 2.93. The number of quaternary nitrogens is 1. The molecule has 6 nitrogen and oxygen atoms in total. The van der Waals surface area contributed by atoms with E-state index in [2.05, 4.69) is 5.32 Å². The van der Waals surface area contributed by atoms with Crippen molar-refractivity contribution >= 4 is 17.5 Å². The molecule has 2 N–H and O–H groups in total. The van der Waals surface area contributed by atoms with Crippen molar-refractivity contribution in [2.75, 3.05) is 33.1 Å². The lowest BCUT2D eigenvalue weighted by molar-refractivity contribution is -0.908. The first-order valence-electron chi connectivity index (χ1n) is 9.37. The maximum Gasteiger partial charge on any atom is 0.280 e. The first kappa shape index (κ1) is 21.4. The number of benzene rings is 2. The maximum absolute atomic E-state index is 12.7. The Labute approximate surface area is 167 Å². The van der Waals surface area contributed by atoms with Gasteiger partial charge < -0.3 is 19.9 Å². The predicted molar refractivity (Wildman–Crippen MR) is 110 cm³/mol. The summed E-state index contributed by atoms with van der Waals surface area (Å²) in [6.45, 7) is 4.58. The van der Waals surface area contributed by atoms with Crippen molar-refractivity contribution in [1.29, 1.82) is 0 Å². The van der Waals surface area contributed by atoms with Crippen LogP contribution in [0.4, 0.5) is 5.69 Å². The zero-order valence-electron chi connectivity index (χ0n) is 17.3. The Morgan fingerprint density at radius 2 is 1.86 bits per heavy atom. The highest BCUT2D eigenvalue weighted by Crippen LogP contribution is 2.11. The number of hydrogen-bond donors (Lipinski definition) is 2. The second kappa shape index (κ2) is 9.90. The molecule has 0 heterocycles. The first-order chi connectivity index (χ1) is 13.3. The number of nitrogens with one attached hydrogen (secondary N) is 2. The quantitative estimate of drug-likeness (QED) is 0.725. The molecule has 1 unspecified atom stereocenters. The lowest BCUT2D eigenvalue weighted by atomic mass is 10.1. The molecular weight excluding hydrogens is 354 g/mol. The van der Waals surface area contributed by atoms with Crippen LogP contribution in [0.25, 0.3) is 0 Å². The number of aryl methyl sites for hydroxylation is 1. The van der Waals surface area contributed by atoms with E-state index in [9.17, 15) is 9.59 Å². The number of hydrogen-bond acceptors (Lipinski definition) is 3. The average molecular weight is 385 g/mol. The van der Waals surface area contributed by atoms with Crippen LogP contribution in [-0.2, 0) is 16.1 Å². The predicted octanol–water partition coefficient (Wildman–Crippen LogP) is 1.50. The molecule has 28 heavy (non-hydrogen) atoms. The summed E-state index contributed by atoms with van der Waals surface area (Å²) in [5.41, 5.74) is 2.95. The third-order valence-electron chi connectivity index (χ3n) is 4.82. The van der Waals surface area contributed by atoms with Crippen molar-refractivity contribution in [1.82, 2.24) is 4.90 Å². The van der Waals surface area contributed by atoms with Gasteiger partial charge in [0, 0.05) is 18.3 Å². The van der Waals surface area contributed by atoms with Crippen LogP contribution in [0.15, 0.2) is 48.5 Å². The van der Waals surface area contributed by atoms with Crippen molar-refractivity contribution in [3.63, 3.8) is 0 Å². The zero-order valence-corrected chi connectivity index (χ0v) is 17.3. The van der Waals surface area contributed by atoms with Crippen molar-refractivity contribution in [2.45, 2.75) is 26.4 Å². The number of anilines is 1. The molecule has 0 radical (unpaired) electrons. The zero-order chi connectivity index (χ0) is 20.7. The van der Waals surface area contributed by atoms with Crippen molar-refractivity contribution in [3.05, 3.63) is 59.7 Å². The van der Waals surface area contributed by atoms with Crippen LogP contribution in [-0.4, -0.2) is 50.5 Å². The van der Waals surface area contributed by atoms with E-state index in [1.165, 1.54) is 4.90 Å². The van der Waals surface area contributed by atoms with Crippen molar-refractivity contribution in [3.8, 4) is 5.75 Å². The van der Waals surface area contributed by atoms with Gasteiger partial charge in [0.1, 0.15) is 12.3 Å². The first-order valence-corrected chi connectivity index (χ1v) is 9.37. The molecular formula is C22H30N3O3+. The smallest absolute Gasteiger partial charge is 0.280 e. The van der Waals surface area contributed by atoms with Crippen LogP contribution in [0.3, 0.4) is 0 Å². The largest absolute Gasteiger partial charge is 0.497 e. The van der Waals surface area contributed by atoms with E-state index in [1.54, 1.807) is 14.2 Å². The van der Waals surface area contributed by atoms with Gasteiger partial charge in [-0.05, 0) is 38.1 Å². The number of carbonyl (C=O) groups is 2. The third-order valence-corrected chi connectivity index (χ3v) is 4.82. The summed E-state index contributed by atoms with van der Waals surface area (Å²) >= 11 is 0. The number of ether oxygens (including phenoxy) is 1. The van der Waals surface area contributed by atoms with Crippen LogP contribution in [0.5, 0.6) is 5.75 Å². The molecule has 6 heteroatoms. The second-order valence-corrected chi connectivity index (χ2v) is 7.20. The molecule has 0 bridgehead atoms. The molecule has 2 atom stereocenters. The maximum atomic E-state index is 12.7. The number of carbonyl (C=O) groups excluding carboxylic acids is 2. The summed E-state index contributed by atoms with van der Waals surface area (Å²) in [5, 5.41) is 2.82. The SMILES string of the molecule is COc1cccc(C[NH+](C)[C@@H](C)C(=O)N(C)CC(=O)Nc2ccc(C)cc2)c1. The van der Waals surface area contributed by atoms with E-state index in [-0.39, 0.29) is 24.4 Å². The Kier molecular flexibility index (Phi) is 7.58. The average Bonchev–Trinajstić information content (AvgIpc) is 2.68. The number of nitrogens with zero attached hydrogens (tertiary/aromatic N) is 1. The Hall–Kier alpha value is -2.86. The van der Waals surface area contributed by atoms with Crippen molar-refractivity contribution < 1.29 is 19.2 Å². The number of likely N-dealkylation sites (N-methyl/N-ethyl adjacent to an activating group) is 2. The highest BCUT2D eigenvalue weighted by Gasteiger charge is 2.26. The van der Waals surface area contributed by atoms with Gasteiger partial charge in [-0.25, -0.2) is 0 Å². The molecule has 2 aromatic carbocycles. The lowest BCUT2D eigenvalue weighted by Crippen LogP contribution is -3.12. The van der Waals surface area contributed by atoms with Gasteiger partial charge in [-0.3, -0.25) is 9.59 Å². The minimum atomic E-state index is -0.275. The Bertz CT molecular complexity index is 805. The molecule has 2 rings (SSSR count). The van der Waals surface area contributed by atoms with E-state index >= 15 is 0 Å². The molecule has 0 saturated carbocycles. The molecule has 2 aromatic rings. The molecule has 2 amide bonds. The van der Waals surface area contributed by atoms with Crippen LogP contribution >= 0.6 is 0 Å². The summed E-state index contributed by atoms with van der Waals surface area (Å²) in [4.78, 5) is 27.5. The van der Waals surface area contributed by atoms with Gasteiger partial charge in [-0.15, -0.1) is 0 Å². The van der Waals surface area contributed by atoms with Crippen LogP contribution < -0.4 is 15.0 Å². The Balaban J connectivity index is 1.89. The fourth-order valence-electron chi connectivity index (χ4n) is 2.93. The van der Waals surface area contributed by atoms with E-state index < -0.39 is 0 Å². The molecule has 0 aliphatic carbocycles. The summed E-state index contributed by atoms with van der Waals surface area (Å²) in [6.07, 6.45) is 0. The minimum absolute atomic E-state index is 0.0174. The summed E-state index contributed by atoms with van der Waals surface area (Å²) in [5.74, 6) is 0.519. The third kappa shape index (κ3) is 6.09. The lowest BCUT2D eigenvalue weighted by Gasteiger charge is -2.25. The molecule has 0 fully saturated rings. The highest BCUT2D eigenvalue weighted by atomic mass is 16.5. The van der Waals surface area contributed by atoms with Gasteiger partial charge >= 0.3 is 0 Å². The molecule has 0 aliphatic rings. The monoisotopic (exact) mass is 384 g/mol. The molecule has 0 aromatic heterocycles. The topological polar surface area (TPSA) is 63.1 Å². The van der Waals surface area contributed by atoms with E-state index in [0.717, 1.165) is 27.5 Å². The molecule has 0 saturated heterocycles. The minimum Gasteiger partial charge on any atom is -0.497 e. The van der Waals surface area contributed by atoms with Crippen molar-refractivity contribution in [2.24, 2.45) is 0 Å². The van der Waals surface area contributed by atoms with Crippen LogP contribution in [0, 0.1) is 6.92 Å². The van der Waals surface area contributed by atoms with E-state index in [0.29, 0.717) is 6.54 Å². The normalized spacial score (nSPS) is 12.8. The molecule has 0 spiro atoms. The Morgan fingerprint density at radius 3 is 2.50 bits per heavy atom. The van der Waals surface area contributed by atoms with E-state index in [1.807, 2.05) is 69.4 Å². The van der Waals surface area contributed by atoms with Gasteiger partial charge in [0.15, 0.2) is 6.04 Å². The van der Waals surface area contributed by atoms with Gasteiger partial charge in [0.2, 0.25) is 5.91 Å². The second-order valence-electron chi connectivity index (χ2n) is 7.20. The highest BCUT2D eigenvalue weighted by molar-refractivity contribution is 5.94. The number of amides is 2. The number of rotatable bonds is 8. The molecule has 0 aliphatic heterocycles. The molecule has 150 valence electrons. The summed E-state index contributed by atoms with van der Waals surface area (Å²) < 4.78 is 5.25. The van der Waals surface area contributed by atoms with Crippen LogP contribution in [0.1, 0.15) is 18.1 Å². The Morgan fingerprint density at radius 1 is 1.18 bits per heavy atom. The van der Waals surface area contributed by atoms with Gasteiger partial charge in [-0.1, -0.05) is 29.8 Å². The van der Waals surface area contributed by atoms with E-state index in [4.69, 9.17) is 4.74 Å². The number of methoxy groups -OCH3 is 1. The van der Waals surface area contributed by atoms with Crippen LogP contribution in [0.2, 0.25) is 0 Å². The summed E-state index contributed by atoms with van der Waals surface area (Å²) in [7, 11) is 5.27. The van der Waals surface area contributed by atoms with Gasteiger partial charge in [-0.2, -0.15) is 0 Å². The fraction of sp³-hybridized carbons (Fsp3) is 0.364. The standard InChI is InChI=1S/C22H29N3O3/c1-16-9-11-19(12-10-16)23-21(26)15-25(4)22(27)17(2)24(3)14-18-7-6-8-20(13-18)28-5/h6-13,17H,14-15H2,1-5H3,(H,23,26)/p+1/t17-/m0/s1. The van der Waals surface area contributed by atoms with Gasteiger partial charge in [0.25, 0.3) is 5.91 Å². The summed E-state index contributed by atoms with van der Waals surface area (Å²) in [6, 6.07) is 15.1.